The zero-order valence-corrected chi connectivity index (χ0v) is 25.7. The Bertz CT molecular complexity index is 1300. The predicted octanol–water partition coefficient (Wildman–Crippen LogP) is 5.00. The molecular weight excluding hydrogens is 546 g/mol. The van der Waals surface area contributed by atoms with Gasteiger partial charge in [-0.25, -0.2) is 9.59 Å². The molecule has 42 heavy (non-hydrogen) atoms. The van der Waals surface area contributed by atoms with E-state index in [-0.39, 0.29) is 41.8 Å². The van der Waals surface area contributed by atoms with E-state index in [0.717, 1.165) is 0 Å². The van der Waals surface area contributed by atoms with Gasteiger partial charge in [-0.05, 0) is 57.2 Å². The molecule has 2 unspecified atom stereocenters. The number of fused-ring (bicyclic) bond motifs is 1. The zero-order chi connectivity index (χ0) is 31.2. The second-order valence-electron chi connectivity index (χ2n) is 11.3. The summed E-state index contributed by atoms with van der Waals surface area (Å²) in [6.45, 7) is 9.21. The van der Waals surface area contributed by atoms with E-state index in [2.05, 4.69) is 5.32 Å². The molecule has 0 saturated carbocycles. The lowest BCUT2D eigenvalue weighted by atomic mass is 9.88. The van der Waals surface area contributed by atoms with Gasteiger partial charge in [-0.2, -0.15) is 0 Å². The molecule has 3 rings (SSSR count). The van der Waals surface area contributed by atoms with Gasteiger partial charge in [0.1, 0.15) is 23.0 Å². The standard InChI is InChI=1S/C31H41NO10/c1-17(2)12-20(32-30(35)42-31(3,4)5)29(34)41-22-14-18(10-11-21(22)36-6)13-19-16-40-23-15-24(37-7)27(38-8)28(39-9)25(23)26(19)33/h10-11,14-15,17,19-20H,12-13,16H2,1-9H3,(H,32,35). The van der Waals surface area contributed by atoms with Gasteiger partial charge < -0.3 is 38.5 Å². The number of hydrogen-bond acceptors (Lipinski definition) is 10. The fraction of sp³-hybridized carbons (Fsp3) is 0.516. The minimum atomic E-state index is -0.947. The molecule has 0 aliphatic carbocycles. The lowest BCUT2D eigenvalue weighted by molar-refractivity contribution is -0.137. The summed E-state index contributed by atoms with van der Waals surface area (Å²) < 4.78 is 38.8. The number of nitrogens with one attached hydrogen (secondary N) is 1. The van der Waals surface area contributed by atoms with Crippen molar-refractivity contribution in [2.45, 2.75) is 59.1 Å². The fourth-order valence-electron chi connectivity index (χ4n) is 4.63. The van der Waals surface area contributed by atoms with Gasteiger partial charge in [0.05, 0.1) is 41.0 Å². The summed E-state index contributed by atoms with van der Waals surface area (Å²) in [4.78, 5) is 39.3. The number of carbonyl (C=O) groups is 3. The van der Waals surface area contributed by atoms with Crippen molar-refractivity contribution in [1.29, 1.82) is 0 Å². The van der Waals surface area contributed by atoms with Crippen molar-refractivity contribution in [3.63, 3.8) is 0 Å². The molecule has 1 heterocycles. The second kappa shape index (κ2) is 13.7. The Hall–Kier alpha value is -4.15. The average molecular weight is 588 g/mol. The highest BCUT2D eigenvalue weighted by atomic mass is 16.6. The Morgan fingerprint density at radius 1 is 0.952 bits per heavy atom. The number of benzene rings is 2. The number of ketones is 1. The van der Waals surface area contributed by atoms with Crippen LogP contribution in [0.1, 0.15) is 57.0 Å². The molecule has 230 valence electrons. The van der Waals surface area contributed by atoms with E-state index < -0.39 is 29.6 Å². The molecule has 1 aliphatic heterocycles. The van der Waals surface area contributed by atoms with E-state index in [9.17, 15) is 14.4 Å². The molecule has 2 aromatic carbocycles. The van der Waals surface area contributed by atoms with Crippen molar-refractivity contribution < 1.29 is 47.5 Å². The maximum absolute atomic E-state index is 13.6. The number of amides is 1. The Balaban J connectivity index is 1.84. The Morgan fingerprint density at radius 2 is 1.62 bits per heavy atom. The van der Waals surface area contributed by atoms with Gasteiger partial charge in [0.25, 0.3) is 0 Å². The summed E-state index contributed by atoms with van der Waals surface area (Å²) >= 11 is 0. The van der Waals surface area contributed by atoms with Crippen LogP contribution in [0.5, 0.6) is 34.5 Å². The summed E-state index contributed by atoms with van der Waals surface area (Å²) in [5, 5.41) is 2.62. The third-order valence-electron chi connectivity index (χ3n) is 6.45. The SMILES string of the molecule is COc1ccc(CC2COc3cc(OC)c(OC)c(OC)c3C2=O)cc1OC(=O)C(CC(C)C)NC(=O)OC(C)(C)C. The number of alkyl carbamates (subject to hydrolysis) is 1. The molecule has 1 N–H and O–H groups in total. The first-order valence-corrected chi connectivity index (χ1v) is 13.7. The van der Waals surface area contributed by atoms with Crippen LogP contribution in [0, 0.1) is 11.8 Å². The van der Waals surface area contributed by atoms with Gasteiger partial charge in [-0.1, -0.05) is 19.9 Å². The Kier molecular flexibility index (Phi) is 10.5. The van der Waals surface area contributed by atoms with E-state index in [1.165, 1.54) is 28.4 Å². The maximum atomic E-state index is 13.6. The van der Waals surface area contributed by atoms with Gasteiger partial charge in [0, 0.05) is 6.07 Å². The Morgan fingerprint density at radius 3 is 2.19 bits per heavy atom. The lowest BCUT2D eigenvalue weighted by Gasteiger charge is -2.27. The van der Waals surface area contributed by atoms with Crippen molar-refractivity contribution in [3.8, 4) is 34.5 Å². The van der Waals surface area contributed by atoms with E-state index in [4.69, 9.17) is 33.2 Å². The van der Waals surface area contributed by atoms with Crippen molar-refractivity contribution in [3.05, 3.63) is 35.4 Å². The van der Waals surface area contributed by atoms with Crippen LogP contribution in [0.4, 0.5) is 4.79 Å². The first-order valence-electron chi connectivity index (χ1n) is 13.7. The van der Waals surface area contributed by atoms with Crippen LogP contribution in [0.3, 0.4) is 0 Å². The first kappa shape index (κ1) is 32.4. The molecular formula is C31H41NO10. The van der Waals surface area contributed by atoms with Gasteiger partial charge in [-0.15, -0.1) is 0 Å². The Labute approximate surface area is 246 Å². The molecule has 1 amide bonds. The third-order valence-corrected chi connectivity index (χ3v) is 6.45. The minimum absolute atomic E-state index is 0.0847. The van der Waals surface area contributed by atoms with Crippen LogP contribution in [-0.2, 0) is 16.0 Å². The second-order valence-corrected chi connectivity index (χ2v) is 11.3. The molecule has 2 aromatic rings. The molecule has 11 heteroatoms. The first-order chi connectivity index (χ1) is 19.8. The van der Waals surface area contributed by atoms with Crippen molar-refractivity contribution >= 4 is 17.8 Å². The fourth-order valence-corrected chi connectivity index (χ4v) is 4.63. The van der Waals surface area contributed by atoms with Crippen molar-refractivity contribution in [2.24, 2.45) is 11.8 Å². The van der Waals surface area contributed by atoms with E-state index in [1.807, 2.05) is 13.8 Å². The highest BCUT2D eigenvalue weighted by molar-refractivity contribution is 6.05. The third kappa shape index (κ3) is 7.77. The van der Waals surface area contributed by atoms with Crippen molar-refractivity contribution in [1.82, 2.24) is 5.32 Å². The minimum Gasteiger partial charge on any atom is -0.493 e. The van der Waals surface area contributed by atoms with Crippen LogP contribution in [0.25, 0.3) is 0 Å². The van der Waals surface area contributed by atoms with Crippen LogP contribution < -0.4 is 33.7 Å². The van der Waals surface area contributed by atoms with Gasteiger partial charge in [0.15, 0.2) is 28.8 Å². The monoisotopic (exact) mass is 587 g/mol. The van der Waals surface area contributed by atoms with E-state index in [0.29, 0.717) is 35.0 Å². The molecule has 11 nitrogen and oxygen atoms in total. The normalized spacial score (nSPS) is 15.2. The summed E-state index contributed by atoms with van der Waals surface area (Å²) in [5.41, 5.74) is 0.260. The number of methoxy groups -OCH3 is 4. The molecule has 1 aliphatic rings. The summed E-state index contributed by atoms with van der Waals surface area (Å²) in [7, 11) is 5.86. The quantitative estimate of drug-likeness (QED) is 0.283. The van der Waals surface area contributed by atoms with Gasteiger partial charge in [-0.3, -0.25) is 4.79 Å². The number of carbonyl (C=O) groups excluding carboxylic acids is 3. The molecule has 0 aromatic heterocycles. The highest BCUT2D eigenvalue weighted by Gasteiger charge is 2.36. The summed E-state index contributed by atoms with van der Waals surface area (Å²) in [5.74, 6) is 0.442. The summed E-state index contributed by atoms with van der Waals surface area (Å²) in [6.07, 6.45) is -0.0917. The molecule has 0 fully saturated rings. The zero-order valence-electron chi connectivity index (χ0n) is 25.7. The number of hydrogen-bond donors (Lipinski definition) is 1. The maximum Gasteiger partial charge on any atom is 0.408 e. The number of rotatable bonds is 11. The van der Waals surface area contributed by atoms with Gasteiger partial charge >= 0.3 is 12.1 Å². The average Bonchev–Trinajstić information content (AvgIpc) is 2.91. The topological polar surface area (TPSA) is 128 Å². The smallest absolute Gasteiger partial charge is 0.408 e. The van der Waals surface area contributed by atoms with Crippen LogP contribution in [0.2, 0.25) is 0 Å². The number of Topliss-reactive ketones (excluding diaryl/α,β-unsaturated/α-hetero) is 1. The van der Waals surface area contributed by atoms with Gasteiger partial charge in [0.2, 0.25) is 5.75 Å². The number of esters is 1. The molecule has 0 bridgehead atoms. The van der Waals surface area contributed by atoms with E-state index in [1.54, 1.807) is 45.0 Å². The lowest BCUT2D eigenvalue weighted by Crippen LogP contribution is -2.45. The largest absolute Gasteiger partial charge is 0.493 e. The van der Waals surface area contributed by atoms with Crippen molar-refractivity contribution in [2.75, 3.05) is 35.0 Å². The molecule has 0 radical (unpaired) electrons. The van der Waals surface area contributed by atoms with Crippen LogP contribution in [0.15, 0.2) is 24.3 Å². The van der Waals surface area contributed by atoms with Crippen LogP contribution >= 0.6 is 0 Å². The number of ether oxygens (including phenoxy) is 7. The molecule has 2 atom stereocenters. The van der Waals surface area contributed by atoms with E-state index >= 15 is 0 Å². The van der Waals surface area contributed by atoms with Crippen LogP contribution in [-0.4, -0.2) is 64.5 Å². The summed E-state index contributed by atoms with van der Waals surface area (Å²) in [6, 6.07) is 5.75. The molecule has 0 saturated heterocycles. The highest BCUT2D eigenvalue weighted by Crippen LogP contribution is 2.47. The molecule has 0 spiro atoms. The predicted molar refractivity (Wildman–Crippen MR) is 154 cm³/mol.